The van der Waals surface area contributed by atoms with Crippen LogP contribution in [-0.2, 0) is 0 Å². The van der Waals surface area contributed by atoms with E-state index >= 15 is 0 Å². The van der Waals surface area contributed by atoms with Gasteiger partial charge in [-0.3, -0.25) is 4.79 Å². The second kappa shape index (κ2) is 7.62. The Morgan fingerprint density at radius 2 is 1.90 bits per heavy atom. The van der Waals surface area contributed by atoms with Crippen LogP contribution in [0.1, 0.15) is 48.9 Å². The number of nitrogens with one attached hydrogen (secondary N) is 2. The van der Waals surface area contributed by atoms with Crippen molar-refractivity contribution in [3.8, 4) is 0 Å². The molecule has 1 aliphatic carbocycles. The fourth-order valence-electron chi connectivity index (χ4n) is 2.39. The van der Waals surface area contributed by atoms with Gasteiger partial charge in [-0.1, -0.05) is 31.8 Å². The van der Waals surface area contributed by atoms with Crippen LogP contribution >= 0.6 is 0 Å². The highest BCUT2D eigenvalue weighted by Crippen LogP contribution is 2.17. The van der Waals surface area contributed by atoms with Gasteiger partial charge < -0.3 is 10.6 Å². The maximum Gasteiger partial charge on any atom is 0.254 e. The number of carbonyl (C=O) groups excluding carboxylic acids is 1. The average Bonchev–Trinajstić information content (AvgIpc) is 2.74. The Bertz CT molecular complexity index is 436. The summed E-state index contributed by atoms with van der Waals surface area (Å²) in [5.41, 5.74) is 0.512. The van der Waals surface area contributed by atoms with E-state index in [0.29, 0.717) is 24.1 Å². The third-order valence-corrected chi connectivity index (χ3v) is 3.51. The third kappa shape index (κ3) is 4.33. The van der Waals surface area contributed by atoms with E-state index in [1.807, 2.05) is 0 Å². The summed E-state index contributed by atoms with van der Waals surface area (Å²) in [6.45, 7) is 4.22. The average molecular weight is 274 g/mol. The van der Waals surface area contributed by atoms with Crippen LogP contribution in [0.15, 0.2) is 25.0 Å². The number of anilines is 1. The Morgan fingerprint density at radius 1 is 1.25 bits per heavy atom. The van der Waals surface area contributed by atoms with Crippen molar-refractivity contribution in [1.29, 1.82) is 0 Å². The maximum atomic E-state index is 12.1. The Morgan fingerprint density at radius 3 is 2.50 bits per heavy atom. The standard InChI is InChI=1S/C15H22N4O/c1-2-9-16-15-17-10-12(11-18-15)14(20)19-13-7-5-3-4-6-8-13/h2,10-11,13H,1,3-9H2,(H,19,20)(H,16,17,18). The predicted octanol–water partition coefficient (Wildman–Crippen LogP) is 2.53. The van der Waals surface area contributed by atoms with Gasteiger partial charge in [-0.2, -0.15) is 0 Å². The number of hydrogen-bond acceptors (Lipinski definition) is 4. The molecule has 0 spiro atoms. The molecule has 2 rings (SSSR count). The van der Waals surface area contributed by atoms with E-state index in [4.69, 9.17) is 0 Å². The Labute approximate surface area is 119 Å². The van der Waals surface area contributed by atoms with Gasteiger partial charge in [0.15, 0.2) is 0 Å². The first-order chi connectivity index (χ1) is 9.79. The molecule has 0 radical (unpaired) electrons. The monoisotopic (exact) mass is 274 g/mol. The van der Waals surface area contributed by atoms with E-state index < -0.39 is 0 Å². The lowest BCUT2D eigenvalue weighted by Gasteiger charge is -2.15. The molecule has 5 nitrogen and oxygen atoms in total. The highest BCUT2D eigenvalue weighted by atomic mass is 16.1. The van der Waals surface area contributed by atoms with Gasteiger partial charge in [0.1, 0.15) is 0 Å². The minimum absolute atomic E-state index is 0.0767. The summed E-state index contributed by atoms with van der Waals surface area (Å²) in [5, 5.41) is 6.06. The minimum atomic E-state index is -0.0767. The molecule has 108 valence electrons. The fraction of sp³-hybridized carbons (Fsp3) is 0.533. The molecule has 0 atom stereocenters. The molecule has 1 saturated carbocycles. The Balaban J connectivity index is 1.89. The van der Waals surface area contributed by atoms with Gasteiger partial charge in [-0.05, 0) is 12.8 Å². The number of amides is 1. The Kier molecular flexibility index (Phi) is 5.53. The molecule has 20 heavy (non-hydrogen) atoms. The number of hydrogen-bond donors (Lipinski definition) is 2. The summed E-state index contributed by atoms with van der Waals surface area (Å²) >= 11 is 0. The van der Waals surface area contributed by atoms with Crippen LogP contribution in [0.4, 0.5) is 5.95 Å². The zero-order valence-corrected chi connectivity index (χ0v) is 11.8. The quantitative estimate of drug-likeness (QED) is 0.639. The molecule has 0 bridgehead atoms. The molecule has 1 amide bonds. The molecule has 1 aliphatic rings. The molecule has 5 heteroatoms. The fourth-order valence-corrected chi connectivity index (χ4v) is 2.39. The lowest BCUT2D eigenvalue weighted by atomic mass is 10.1. The summed E-state index contributed by atoms with van der Waals surface area (Å²) in [7, 11) is 0. The lowest BCUT2D eigenvalue weighted by molar-refractivity contribution is 0.0932. The van der Waals surface area contributed by atoms with Crippen molar-refractivity contribution in [2.45, 2.75) is 44.6 Å². The minimum Gasteiger partial charge on any atom is -0.351 e. The molecule has 1 fully saturated rings. The van der Waals surface area contributed by atoms with Gasteiger partial charge in [-0.15, -0.1) is 6.58 Å². The molecule has 0 saturated heterocycles. The van der Waals surface area contributed by atoms with E-state index in [9.17, 15) is 4.79 Å². The second-order valence-corrected chi connectivity index (χ2v) is 5.13. The third-order valence-electron chi connectivity index (χ3n) is 3.51. The van der Waals surface area contributed by atoms with Gasteiger partial charge in [0.2, 0.25) is 5.95 Å². The van der Waals surface area contributed by atoms with E-state index in [1.54, 1.807) is 18.5 Å². The summed E-state index contributed by atoms with van der Waals surface area (Å²) in [4.78, 5) is 20.4. The van der Waals surface area contributed by atoms with Gasteiger partial charge >= 0.3 is 0 Å². The van der Waals surface area contributed by atoms with E-state index in [1.165, 1.54) is 25.7 Å². The van der Waals surface area contributed by atoms with Gasteiger partial charge in [0.25, 0.3) is 5.91 Å². The highest BCUT2D eigenvalue weighted by Gasteiger charge is 2.16. The molecular weight excluding hydrogens is 252 g/mol. The maximum absolute atomic E-state index is 12.1. The number of rotatable bonds is 5. The molecular formula is C15H22N4O. The highest BCUT2D eigenvalue weighted by molar-refractivity contribution is 5.93. The zero-order chi connectivity index (χ0) is 14.2. The first-order valence-corrected chi connectivity index (χ1v) is 7.27. The SMILES string of the molecule is C=CCNc1ncc(C(=O)NC2CCCCCC2)cn1. The largest absolute Gasteiger partial charge is 0.351 e. The van der Waals surface area contributed by atoms with E-state index in [-0.39, 0.29) is 5.91 Å². The van der Waals surface area contributed by atoms with Crippen molar-refractivity contribution in [2.75, 3.05) is 11.9 Å². The van der Waals surface area contributed by atoms with Crippen molar-refractivity contribution in [2.24, 2.45) is 0 Å². The summed E-state index contributed by atoms with van der Waals surface area (Å²) < 4.78 is 0. The molecule has 0 unspecified atom stereocenters. The first kappa shape index (κ1) is 14.5. The molecule has 1 heterocycles. The lowest BCUT2D eigenvalue weighted by Crippen LogP contribution is -2.34. The topological polar surface area (TPSA) is 66.9 Å². The van der Waals surface area contributed by atoms with Gasteiger partial charge in [0, 0.05) is 25.0 Å². The number of nitrogens with zero attached hydrogens (tertiary/aromatic N) is 2. The van der Waals surface area contributed by atoms with Crippen molar-refractivity contribution in [1.82, 2.24) is 15.3 Å². The summed E-state index contributed by atoms with van der Waals surface area (Å²) in [6.07, 6.45) is 12.0. The van der Waals surface area contributed by atoms with E-state index in [2.05, 4.69) is 27.2 Å². The molecule has 2 N–H and O–H groups in total. The van der Waals surface area contributed by atoms with Crippen molar-refractivity contribution < 1.29 is 4.79 Å². The molecule has 0 aliphatic heterocycles. The first-order valence-electron chi connectivity index (χ1n) is 7.27. The summed E-state index contributed by atoms with van der Waals surface area (Å²) in [5.74, 6) is 0.433. The van der Waals surface area contributed by atoms with E-state index in [0.717, 1.165) is 12.8 Å². The van der Waals surface area contributed by atoms with Crippen LogP contribution in [0.3, 0.4) is 0 Å². The zero-order valence-electron chi connectivity index (χ0n) is 11.8. The van der Waals surface area contributed by atoms with Gasteiger partial charge in [0.05, 0.1) is 5.56 Å². The second-order valence-electron chi connectivity index (χ2n) is 5.13. The van der Waals surface area contributed by atoms with Crippen LogP contribution in [0.25, 0.3) is 0 Å². The van der Waals surface area contributed by atoms with Crippen LogP contribution in [0, 0.1) is 0 Å². The molecule has 1 aromatic heterocycles. The molecule has 0 aromatic carbocycles. The van der Waals surface area contributed by atoms with Gasteiger partial charge in [-0.25, -0.2) is 9.97 Å². The van der Waals surface area contributed by atoms with Crippen molar-refractivity contribution in [3.63, 3.8) is 0 Å². The number of carbonyl (C=O) groups is 1. The number of aromatic nitrogens is 2. The van der Waals surface area contributed by atoms with Crippen molar-refractivity contribution in [3.05, 3.63) is 30.6 Å². The normalized spacial score (nSPS) is 16.2. The van der Waals surface area contributed by atoms with Crippen LogP contribution in [0.2, 0.25) is 0 Å². The van der Waals surface area contributed by atoms with Crippen LogP contribution < -0.4 is 10.6 Å². The summed E-state index contributed by atoms with van der Waals surface area (Å²) in [6, 6.07) is 0.295. The van der Waals surface area contributed by atoms with Crippen LogP contribution in [-0.4, -0.2) is 28.5 Å². The Hall–Kier alpha value is -1.91. The van der Waals surface area contributed by atoms with Crippen LogP contribution in [0.5, 0.6) is 0 Å². The smallest absolute Gasteiger partial charge is 0.254 e. The predicted molar refractivity (Wildman–Crippen MR) is 79.7 cm³/mol. The van der Waals surface area contributed by atoms with Crippen molar-refractivity contribution >= 4 is 11.9 Å². The molecule has 1 aromatic rings.